The first kappa shape index (κ1) is 22.1. The zero-order valence-corrected chi connectivity index (χ0v) is 18.6. The van der Waals surface area contributed by atoms with Crippen molar-refractivity contribution < 1.29 is 9.59 Å². The largest absolute Gasteiger partial charge is 0.326 e. The van der Waals surface area contributed by atoms with E-state index in [1.807, 2.05) is 31.2 Å². The first-order valence-corrected chi connectivity index (χ1v) is 10.7. The summed E-state index contributed by atoms with van der Waals surface area (Å²) >= 11 is 13.1. The van der Waals surface area contributed by atoms with Crippen molar-refractivity contribution in [2.24, 2.45) is 7.05 Å². The number of halogens is 2. The quantitative estimate of drug-likeness (QED) is 0.508. The lowest BCUT2D eigenvalue weighted by Gasteiger charge is -2.07. The third kappa shape index (κ3) is 5.98. The zero-order valence-electron chi connectivity index (χ0n) is 16.3. The van der Waals surface area contributed by atoms with Gasteiger partial charge in [0.2, 0.25) is 11.8 Å². The van der Waals surface area contributed by atoms with Crippen molar-refractivity contribution in [3.8, 4) is 0 Å². The van der Waals surface area contributed by atoms with E-state index in [0.717, 1.165) is 11.3 Å². The number of hydrogen-bond donors (Lipinski definition) is 2. The van der Waals surface area contributed by atoms with Crippen molar-refractivity contribution in [2.75, 3.05) is 16.4 Å². The van der Waals surface area contributed by atoms with Crippen LogP contribution in [0.1, 0.15) is 11.4 Å². The third-order valence-corrected chi connectivity index (χ3v) is 5.87. The predicted molar refractivity (Wildman–Crippen MR) is 120 cm³/mol. The Labute approximate surface area is 188 Å². The highest BCUT2D eigenvalue weighted by molar-refractivity contribution is 7.99. The van der Waals surface area contributed by atoms with Crippen LogP contribution >= 0.6 is 35.0 Å². The summed E-state index contributed by atoms with van der Waals surface area (Å²) in [5.74, 6) is 0.243. The minimum Gasteiger partial charge on any atom is -0.326 e. The van der Waals surface area contributed by atoms with Crippen molar-refractivity contribution in [1.82, 2.24) is 14.8 Å². The molecule has 30 heavy (non-hydrogen) atoms. The van der Waals surface area contributed by atoms with Gasteiger partial charge in [0, 0.05) is 18.4 Å². The van der Waals surface area contributed by atoms with Crippen LogP contribution in [0.5, 0.6) is 0 Å². The molecule has 3 aromatic rings. The van der Waals surface area contributed by atoms with Gasteiger partial charge in [0.1, 0.15) is 5.82 Å². The monoisotopic (exact) mass is 463 g/mol. The van der Waals surface area contributed by atoms with Crippen molar-refractivity contribution in [3.05, 3.63) is 63.9 Å². The first-order valence-electron chi connectivity index (χ1n) is 8.94. The molecule has 0 aliphatic heterocycles. The minimum atomic E-state index is -0.266. The van der Waals surface area contributed by atoms with Gasteiger partial charge in [-0.25, -0.2) is 0 Å². The number of benzene rings is 2. The topological polar surface area (TPSA) is 88.9 Å². The van der Waals surface area contributed by atoms with E-state index in [4.69, 9.17) is 23.2 Å². The van der Waals surface area contributed by atoms with Crippen LogP contribution in [-0.2, 0) is 23.1 Å². The van der Waals surface area contributed by atoms with Gasteiger partial charge in [-0.1, -0.05) is 52.7 Å². The number of aryl methyl sites for hydroxylation is 1. The van der Waals surface area contributed by atoms with Crippen LogP contribution in [-0.4, -0.2) is 32.3 Å². The molecule has 10 heteroatoms. The summed E-state index contributed by atoms with van der Waals surface area (Å²) in [6.45, 7) is 1.98. The SMILES string of the molecule is Cc1ccc(NC(=O)CSc2nnc(CC(=O)Nc3ccc(Cl)c(Cl)c3)n2C)cc1. The normalized spacial score (nSPS) is 10.7. The molecule has 2 amide bonds. The Morgan fingerprint density at radius 2 is 1.63 bits per heavy atom. The molecule has 0 aliphatic rings. The van der Waals surface area contributed by atoms with Gasteiger partial charge in [-0.3, -0.25) is 9.59 Å². The molecule has 0 aliphatic carbocycles. The van der Waals surface area contributed by atoms with Gasteiger partial charge < -0.3 is 15.2 Å². The van der Waals surface area contributed by atoms with Crippen LogP contribution in [0, 0.1) is 6.92 Å². The van der Waals surface area contributed by atoms with Crippen LogP contribution in [0.4, 0.5) is 11.4 Å². The van der Waals surface area contributed by atoms with Crippen LogP contribution in [0.25, 0.3) is 0 Å². The number of rotatable bonds is 7. The van der Waals surface area contributed by atoms with E-state index in [-0.39, 0.29) is 24.0 Å². The molecule has 0 radical (unpaired) electrons. The lowest BCUT2D eigenvalue weighted by Crippen LogP contribution is -2.17. The first-order chi connectivity index (χ1) is 14.3. The Balaban J connectivity index is 1.53. The number of amides is 2. The lowest BCUT2D eigenvalue weighted by molar-refractivity contribution is -0.116. The summed E-state index contributed by atoms with van der Waals surface area (Å²) in [6.07, 6.45) is 0.0276. The van der Waals surface area contributed by atoms with Gasteiger partial charge in [-0.15, -0.1) is 10.2 Å². The van der Waals surface area contributed by atoms with Gasteiger partial charge in [0.15, 0.2) is 5.16 Å². The van der Waals surface area contributed by atoms with Crippen molar-refractivity contribution in [3.63, 3.8) is 0 Å². The maximum absolute atomic E-state index is 12.3. The average molecular weight is 464 g/mol. The maximum Gasteiger partial charge on any atom is 0.234 e. The second kappa shape index (κ2) is 9.97. The molecule has 0 saturated heterocycles. The van der Waals surface area contributed by atoms with Crippen LogP contribution in [0.15, 0.2) is 47.6 Å². The molecule has 0 bridgehead atoms. The van der Waals surface area contributed by atoms with Crippen molar-refractivity contribution >= 4 is 58.2 Å². The van der Waals surface area contributed by atoms with E-state index in [1.165, 1.54) is 11.8 Å². The fraction of sp³-hybridized carbons (Fsp3) is 0.200. The van der Waals surface area contributed by atoms with Gasteiger partial charge in [0.05, 0.1) is 22.2 Å². The molecule has 0 spiro atoms. The zero-order chi connectivity index (χ0) is 21.7. The molecule has 2 N–H and O–H groups in total. The number of thioether (sulfide) groups is 1. The molecule has 156 valence electrons. The Hall–Kier alpha value is -2.55. The molecule has 0 unspecified atom stereocenters. The fourth-order valence-corrected chi connectivity index (χ4v) is 3.54. The summed E-state index contributed by atoms with van der Waals surface area (Å²) in [6, 6.07) is 12.4. The molecule has 0 fully saturated rings. The summed E-state index contributed by atoms with van der Waals surface area (Å²) in [5.41, 5.74) is 2.40. The van der Waals surface area contributed by atoms with Crippen LogP contribution in [0.3, 0.4) is 0 Å². The molecule has 3 rings (SSSR count). The second-order valence-corrected chi connectivity index (χ2v) is 8.27. The summed E-state index contributed by atoms with van der Waals surface area (Å²) < 4.78 is 1.69. The Bertz CT molecular complexity index is 1070. The number of anilines is 2. The predicted octanol–water partition coefficient (Wildman–Crippen LogP) is 4.34. The van der Waals surface area contributed by atoms with Crippen LogP contribution in [0.2, 0.25) is 10.0 Å². The molecule has 1 aromatic heterocycles. The summed E-state index contributed by atoms with van der Waals surface area (Å²) in [5, 5.41) is 15.0. The van der Waals surface area contributed by atoms with E-state index >= 15 is 0 Å². The molecular formula is C20H19Cl2N5O2S. The van der Waals surface area contributed by atoms with E-state index in [2.05, 4.69) is 20.8 Å². The Morgan fingerprint density at radius 3 is 2.33 bits per heavy atom. The second-order valence-electron chi connectivity index (χ2n) is 6.51. The number of nitrogens with one attached hydrogen (secondary N) is 2. The fourth-order valence-electron chi connectivity index (χ4n) is 2.51. The standard InChI is InChI=1S/C20H19Cl2N5O2S/c1-12-3-5-13(6-4-12)23-19(29)11-30-20-26-25-17(27(20)2)10-18(28)24-14-7-8-15(21)16(22)9-14/h3-9H,10-11H2,1-2H3,(H,23,29)(H,24,28). The van der Waals surface area contributed by atoms with Crippen LogP contribution < -0.4 is 10.6 Å². The number of aromatic nitrogens is 3. The number of hydrogen-bond acceptors (Lipinski definition) is 5. The van der Waals surface area contributed by atoms with Gasteiger partial charge in [-0.05, 0) is 37.3 Å². The highest BCUT2D eigenvalue weighted by Crippen LogP contribution is 2.25. The Morgan fingerprint density at radius 1 is 0.967 bits per heavy atom. The van der Waals surface area contributed by atoms with Crippen molar-refractivity contribution in [2.45, 2.75) is 18.5 Å². The van der Waals surface area contributed by atoms with Crippen molar-refractivity contribution in [1.29, 1.82) is 0 Å². The number of carbonyl (C=O) groups excluding carboxylic acids is 2. The summed E-state index contributed by atoms with van der Waals surface area (Å²) in [7, 11) is 1.75. The highest BCUT2D eigenvalue weighted by Gasteiger charge is 2.15. The number of carbonyl (C=O) groups is 2. The molecule has 1 heterocycles. The van der Waals surface area contributed by atoms with E-state index in [1.54, 1.807) is 29.8 Å². The van der Waals surface area contributed by atoms with E-state index < -0.39 is 0 Å². The smallest absolute Gasteiger partial charge is 0.234 e. The molecule has 0 atom stereocenters. The number of nitrogens with zero attached hydrogens (tertiary/aromatic N) is 3. The molecule has 7 nitrogen and oxygen atoms in total. The minimum absolute atomic E-state index is 0.0276. The highest BCUT2D eigenvalue weighted by atomic mass is 35.5. The maximum atomic E-state index is 12.3. The lowest BCUT2D eigenvalue weighted by atomic mass is 10.2. The van der Waals surface area contributed by atoms with E-state index in [9.17, 15) is 9.59 Å². The van der Waals surface area contributed by atoms with E-state index in [0.29, 0.717) is 26.7 Å². The molecule has 0 saturated carbocycles. The van der Waals surface area contributed by atoms with Gasteiger partial charge in [0.25, 0.3) is 0 Å². The molecule has 2 aromatic carbocycles. The average Bonchev–Trinajstić information content (AvgIpc) is 3.04. The Kier molecular flexibility index (Phi) is 7.36. The molecular weight excluding hydrogens is 445 g/mol. The van der Waals surface area contributed by atoms with Gasteiger partial charge >= 0.3 is 0 Å². The summed E-state index contributed by atoms with van der Waals surface area (Å²) in [4.78, 5) is 24.4. The third-order valence-electron chi connectivity index (χ3n) is 4.11. The van der Waals surface area contributed by atoms with Gasteiger partial charge in [-0.2, -0.15) is 0 Å².